The molecule has 0 saturated carbocycles. The highest BCUT2D eigenvalue weighted by Gasteiger charge is 2.17. The zero-order valence-electron chi connectivity index (χ0n) is 13.2. The lowest BCUT2D eigenvalue weighted by Crippen LogP contribution is -2.05. The second kappa shape index (κ2) is 6.20. The molecule has 0 aliphatic carbocycles. The highest BCUT2D eigenvalue weighted by molar-refractivity contribution is 7.71. The second-order valence-electron chi connectivity index (χ2n) is 5.60. The van der Waals surface area contributed by atoms with Gasteiger partial charge in [0, 0.05) is 5.56 Å². The van der Waals surface area contributed by atoms with Crippen LogP contribution in [0.1, 0.15) is 0 Å². The van der Waals surface area contributed by atoms with Gasteiger partial charge in [-0.2, -0.15) is 0 Å². The lowest BCUT2D eigenvalue weighted by molar-refractivity contribution is 0.471. The Bertz CT molecular complexity index is 1250. The van der Waals surface area contributed by atoms with Crippen LogP contribution in [-0.4, -0.2) is 15.1 Å². The molecule has 0 bridgehead atoms. The number of H-pyrrole nitrogens is 1. The molecule has 26 heavy (non-hydrogen) atoms. The van der Waals surface area contributed by atoms with Crippen LogP contribution in [-0.2, 0) is 0 Å². The van der Waals surface area contributed by atoms with Crippen LogP contribution in [0.15, 0.2) is 63.8 Å². The van der Waals surface area contributed by atoms with Crippen molar-refractivity contribution in [3.63, 3.8) is 0 Å². The van der Waals surface area contributed by atoms with Crippen LogP contribution in [0, 0.1) is 10.6 Å². The standard InChI is InChI=1S/C19H11FN2O3S/c20-11-7-5-10(6-8-11)13-9-14(22-19(26)21-13)16-17(23)12-3-1-2-4-15(12)25-18(16)24/h1-9,23H,(H,21,22,26). The van der Waals surface area contributed by atoms with Gasteiger partial charge in [0.15, 0.2) is 4.77 Å². The zero-order valence-corrected chi connectivity index (χ0v) is 14.0. The van der Waals surface area contributed by atoms with Gasteiger partial charge in [-0.05, 0) is 54.7 Å². The lowest BCUT2D eigenvalue weighted by Gasteiger charge is -2.08. The third-order valence-corrected chi connectivity index (χ3v) is 4.13. The van der Waals surface area contributed by atoms with Crippen LogP contribution in [0.5, 0.6) is 5.75 Å². The summed E-state index contributed by atoms with van der Waals surface area (Å²) in [6, 6.07) is 14.0. The van der Waals surface area contributed by atoms with Gasteiger partial charge in [-0.1, -0.05) is 12.1 Å². The van der Waals surface area contributed by atoms with Crippen molar-refractivity contribution in [2.24, 2.45) is 0 Å². The van der Waals surface area contributed by atoms with Gasteiger partial charge < -0.3 is 14.5 Å². The zero-order chi connectivity index (χ0) is 18.3. The summed E-state index contributed by atoms with van der Waals surface area (Å²) in [6.07, 6.45) is 0. The summed E-state index contributed by atoms with van der Waals surface area (Å²) in [5, 5.41) is 11.0. The maximum Gasteiger partial charge on any atom is 0.349 e. The van der Waals surface area contributed by atoms with Crippen LogP contribution < -0.4 is 5.63 Å². The van der Waals surface area contributed by atoms with E-state index in [1.807, 2.05) is 0 Å². The molecule has 0 unspecified atom stereocenters. The monoisotopic (exact) mass is 366 g/mol. The summed E-state index contributed by atoms with van der Waals surface area (Å²) < 4.78 is 18.6. The first kappa shape index (κ1) is 16.2. The molecule has 0 atom stereocenters. The Balaban J connectivity index is 1.97. The number of aromatic nitrogens is 2. The molecule has 2 heterocycles. The minimum absolute atomic E-state index is 0.0411. The maximum absolute atomic E-state index is 13.1. The van der Waals surface area contributed by atoms with Gasteiger partial charge in [0.2, 0.25) is 0 Å². The fourth-order valence-electron chi connectivity index (χ4n) is 2.73. The normalized spacial score (nSPS) is 11.0. The number of hydrogen-bond donors (Lipinski definition) is 2. The average molecular weight is 366 g/mol. The van der Waals surface area contributed by atoms with Crippen molar-refractivity contribution >= 4 is 23.2 Å². The molecular weight excluding hydrogens is 355 g/mol. The highest BCUT2D eigenvalue weighted by atomic mass is 32.1. The van der Waals surface area contributed by atoms with Crippen LogP contribution in [0.25, 0.3) is 33.5 Å². The summed E-state index contributed by atoms with van der Waals surface area (Å²) in [5.74, 6) is -0.582. The molecule has 0 saturated heterocycles. The van der Waals surface area contributed by atoms with E-state index >= 15 is 0 Å². The molecule has 0 amide bonds. The molecule has 7 heteroatoms. The van der Waals surface area contributed by atoms with Crippen molar-refractivity contribution in [3.8, 4) is 28.3 Å². The van der Waals surface area contributed by atoms with E-state index in [4.69, 9.17) is 16.6 Å². The van der Waals surface area contributed by atoms with Crippen LogP contribution >= 0.6 is 12.2 Å². The number of fused-ring (bicyclic) bond motifs is 1. The largest absolute Gasteiger partial charge is 0.506 e. The molecule has 0 radical (unpaired) electrons. The molecule has 5 nitrogen and oxygen atoms in total. The predicted molar refractivity (Wildman–Crippen MR) is 98.0 cm³/mol. The number of benzene rings is 2. The molecule has 0 fully saturated rings. The topological polar surface area (TPSA) is 79.1 Å². The van der Waals surface area contributed by atoms with E-state index in [1.54, 1.807) is 42.5 Å². The molecule has 2 N–H and O–H groups in total. The van der Waals surface area contributed by atoms with Gasteiger partial charge in [-0.25, -0.2) is 14.2 Å². The van der Waals surface area contributed by atoms with Crippen molar-refractivity contribution in [2.45, 2.75) is 0 Å². The van der Waals surface area contributed by atoms with Crippen LogP contribution in [0.2, 0.25) is 0 Å². The van der Waals surface area contributed by atoms with E-state index in [1.165, 1.54) is 12.1 Å². The number of aromatic hydroxyl groups is 1. The molecule has 2 aromatic carbocycles. The van der Waals surface area contributed by atoms with E-state index in [0.717, 1.165) is 0 Å². The quantitative estimate of drug-likeness (QED) is 0.405. The first-order valence-electron chi connectivity index (χ1n) is 7.65. The van der Waals surface area contributed by atoms with Gasteiger partial charge in [0.25, 0.3) is 0 Å². The SMILES string of the molecule is O=c1oc2ccccc2c(O)c1-c1cc(-c2ccc(F)cc2)nc(=S)[nH]1. The molecule has 128 valence electrons. The van der Waals surface area contributed by atoms with Crippen LogP contribution in [0.3, 0.4) is 0 Å². The van der Waals surface area contributed by atoms with E-state index in [0.29, 0.717) is 16.6 Å². The number of nitrogens with one attached hydrogen (secondary N) is 1. The van der Waals surface area contributed by atoms with Crippen molar-refractivity contribution in [1.29, 1.82) is 0 Å². The highest BCUT2D eigenvalue weighted by Crippen LogP contribution is 2.33. The summed E-state index contributed by atoms with van der Waals surface area (Å²) in [4.78, 5) is 19.4. The second-order valence-corrected chi connectivity index (χ2v) is 5.99. The van der Waals surface area contributed by atoms with Crippen molar-refractivity contribution in [3.05, 3.63) is 75.6 Å². The van der Waals surface area contributed by atoms with Crippen LogP contribution in [0.4, 0.5) is 4.39 Å². The summed E-state index contributed by atoms with van der Waals surface area (Å²) >= 11 is 5.14. The Kier molecular flexibility index (Phi) is 3.85. The van der Waals surface area contributed by atoms with Crippen molar-refractivity contribution < 1.29 is 13.9 Å². The molecular formula is C19H11FN2O3S. The number of hydrogen-bond acceptors (Lipinski definition) is 5. The third-order valence-electron chi connectivity index (χ3n) is 3.94. The Morgan fingerprint density at radius 1 is 1.12 bits per heavy atom. The fraction of sp³-hybridized carbons (Fsp3) is 0. The summed E-state index contributed by atoms with van der Waals surface area (Å²) in [5.41, 5.74) is 0.864. The molecule has 0 aliphatic heterocycles. The first-order chi connectivity index (χ1) is 12.5. The Labute approximate surface area is 151 Å². The van der Waals surface area contributed by atoms with E-state index in [2.05, 4.69) is 9.97 Å². The van der Waals surface area contributed by atoms with Gasteiger partial charge in [-0.15, -0.1) is 0 Å². The maximum atomic E-state index is 13.1. The first-order valence-corrected chi connectivity index (χ1v) is 8.06. The molecule has 0 spiro atoms. The summed E-state index contributed by atoms with van der Waals surface area (Å²) in [7, 11) is 0. The minimum atomic E-state index is -0.705. The van der Waals surface area contributed by atoms with E-state index < -0.39 is 5.63 Å². The van der Waals surface area contributed by atoms with Crippen molar-refractivity contribution in [1.82, 2.24) is 9.97 Å². The van der Waals surface area contributed by atoms with Gasteiger partial charge in [0.05, 0.1) is 16.8 Å². The fourth-order valence-corrected chi connectivity index (χ4v) is 2.94. The van der Waals surface area contributed by atoms with Gasteiger partial charge in [-0.3, -0.25) is 0 Å². The van der Waals surface area contributed by atoms with E-state index in [9.17, 15) is 14.3 Å². The number of halogens is 1. The predicted octanol–water partition coefficient (Wildman–Crippen LogP) is 4.42. The molecule has 0 aliphatic rings. The molecule has 4 aromatic rings. The average Bonchev–Trinajstić information content (AvgIpc) is 2.62. The summed E-state index contributed by atoms with van der Waals surface area (Å²) in [6.45, 7) is 0. The minimum Gasteiger partial charge on any atom is -0.506 e. The van der Waals surface area contributed by atoms with Gasteiger partial charge >= 0.3 is 5.63 Å². The lowest BCUT2D eigenvalue weighted by atomic mass is 10.1. The van der Waals surface area contributed by atoms with Crippen molar-refractivity contribution in [2.75, 3.05) is 0 Å². The third kappa shape index (κ3) is 2.78. The Hall–Kier alpha value is -3.32. The number of rotatable bonds is 2. The number of para-hydroxylation sites is 1. The van der Waals surface area contributed by atoms with Gasteiger partial charge in [0.1, 0.15) is 22.7 Å². The number of aromatic amines is 1. The Morgan fingerprint density at radius 3 is 2.62 bits per heavy atom. The van der Waals surface area contributed by atoms with E-state index in [-0.39, 0.29) is 33.2 Å². The Morgan fingerprint density at radius 2 is 1.85 bits per heavy atom. The number of nitrogens with zero attached hydrogens (tertiary/aromatic N) is 1. The smallest absolute Gasteiger partial charge is 0.349 e. The molecule has 2 aromatic heterocycles. The molecule has 4 rings (SSSR count).